The van der Waals surface area contributed by atoms with E-state index < -0.39 is 10.8 Å². The van der Waals surface area contributed by atoms with Crippen molar-refractivity contribution in [3.05, 3.63) is 33.9 Å². The molecule has 18 heavy (non-hydrogen) atoms. The number of carbonyl (C=O) groups excluding carboxylic acids is 1. The zero-order chi connectivity index (χ0) is 13.4. The van der Waals surface area contributed by atoms with E-state index in [0.717, 1.165) is 32.7 Å². The molecule has 0 unspecified atom stereocenters. The van der Waals surface area contributed by atoms with E-state index in [4.69, 9.17) is 13.6 Å². The first-order chi connectivity index (χ1) is 8.06. The van der Waals surface area contributed by atoms with Gasteiger partial charge in [-0.25, -0.2) is 5.48 Å². The normalized spacial score (nSPS) is 8.44. The number of nitrogen functional groups attached to an aromatic ring is 1. The molecule has 3 N–H and O–H groups in total. The monoisotopic (exact) mass is 305 g/mol. The van der Waals surface area contributed by atoms with E-state index >= 15 is 0 Å². The Bertz CT molecular complexity index is 419. The van der Waals surface area contributed by atoms with Gasteiger partial charge in [-0.3, -0.25) is 19.7 Å². The van der Waals surface area contributed by atoms with Crippen LogP contribution in [0, 0.1) is 10.1 Å². The number of nitro benzene ring substituents is 1. The molecule has 96 valence electrons. The molecule has 1 rings (SSSR count). The van der Waals surface area contributed by atoms with Gasteiger partial charge in [0.1, 0.15) is 5.69 Å². The molecule has 10 heteroatoms. The maximum absolute atomic E-state index is 11.2. The third kappa shape index (κ3) is 5.85. The molecule has 0 saturated carbocycles. The molecule has 0 fully saturated rings. The first-order valence-corrected chi connectivity index (χ1v) is 7.33. The predicted molar refractivity (Wildman–Crippen MR) is 70.8 cm³/mol. The summed E-state index contributed by atoms with van der Waals surface area (Å²) < 4.78 is 0. The van der Waals surface area contributed by atoms with Gasteiger partial charge in [-0.05, 0) is 12.1 Å². The Morgan fingerprint density at radius 2 is 2.11 bits per heavy atom. The Morgan fingerprint density at radius 3 is 2.56 bits per heavy atom. The van der Waals surface area contributed by atoms with Gasteiger partial charge in [-0.1, -0.05) is 0 Å². The van der Waals surface area contributed by atoms with Crippen LogP contribution < -0.4 is 11.2 Å². The number of rotatable bonds is 3. The Labute approximate surface area is 130 Å². The molecule has 1 aromatic rings. The van der Waals surface area contributed by atoms with Crippen molar-refractivity contribution in [2.45, 2.75) is 0 Å². The minimum atomic E-state index is -0.654. The van der Waals surface area contributed by atoms with Crippen molar-refractivity contribution < 1.29 is 14.6 Å². The number of nitrogens with one attached hydrogen (secondary N) is 1. The molecule has 7 nitrogen and oxygen atoms in total. The summed E-state index contributed by atoms with van der Waals surface area (Å²) in [5, 5.41) is 10.5. The standard InChI is InChI=1S/C8H9N3O4.2ClH.Na/c1-15-10-8(12)5-2-3-6(9)7(4-5)11(13)14;;;/h2-4H,9H2,1H3,(H,10,12);2*1H;/q;;;+1/p-1. The van der Waals surface area contributed by atoms with Gasteiger partial charge in [0.25, 0.3) is 11.6 Å². The summed E-state index contributed by atoms with van der Waals surface area (Å²) in [4.78, 5) is 25.5. The summed E-state index contributed by atoms with van der Waals surface area (Å²) in [7, 11) is 6.05. The van der Waals surface area contributed by atoms with Crippen molar-refractivity contribution in [1.29, 1.82) is 0 Å². The van der Waals surface area contributed by atoms with Crippen LogP contribution in [0.3, 0.4) is 0 Å². The van der Waals surface area contributed by atoms with Crippen molar-refractivity contribution in [3.8, 4) is 0 Å². The molecule has 0 aliphatic rings. The van der Waals surface area contributed by atoms with Crippen LogP contribution >= 0.6 is 20.3 Å². The summed E-state index contributed by atoms with van der Waals surface area (Å²) in [5.41, 5.74) is 7.22. The van der Waals surface area contributed by atoms with E-state index in [1.54, 1.807) is 0 Å². The number of nitro groups is 1. The molecule has 0 aliphatic carbocycles. The van der Waals surface area contributed by atoms with Gasteiger partial charge in [0.05, 0.1) is 12.0 Å². The third-order valence-electron chi connectivity index (χ3n) is 1.68. The number of hydrogen-bond donors (Lipinski definition) is 2. The molecule has 0 atom stereocenters. The SMILES string of the molecule is CONC(=O)c1ccc(N)c([N+](=O)[O-])c1.Cl.[Na][Cl]. The second kappa shape index (κ2) is 10.4. The Kier molecular flexibility index (Phi) is 11.4. The zero-order valence-corrected chi connectivity index (χ0v) is 13.2. The molecule has 0 aliphatic heterocycles. The van der Waals surface area contributed by atoms with E-state index in [-0.39, 0.29) is 29.3 Å². The summed E-state index contributed by atoms with van der Waals surface area (Å²) in [5.74, 6) is -0.569. The van der Waals surface area contributed by atoms with Crippen LogP contribution in [-0.4, -0.2) is 44.6 Å². The summed E-state index contributed by atoms with van der Waals surface area (Å²) in [6.07, 6.45) is 0. The molecule has 0 saturated heterocycles. The number of hydrogen-bond acceptors (Lipinski definition) is 5. The molecule has 0 aromatic heterocycles. The van der Waals surface area contributed by atoms with Gasteiger partial charge in [0.15, 0.2) is 0 Å². The van der Waals surface area contributed by atoms with Crippen LogP contribution in [0.4, 0.5) is 11.4 Å². The van der Waals surface area contributed by atoms with E-state index in [0.29, 0.717) is 0 Å². The molecule has 0 bridgehead atoms. The number of anilines is 1. The van der Waals surface area contributed by atoms with Crippen molar-refractivity contribution in [1.82, 2.24) is 5.48 Å². The van der Waals surface area contributed by atoms with Crippen LogP contribution in [0.15, 0.2) is 18.2 Å². The van der Waals surface area contributed by atoms with Crippen molar-refractivity contribution in [2.75, 3.05) is 12.8 Å². The number of halogens is 2. The van der Waals surface area contributed by atoms with E-state index in [9.17, 15) is 14.9 Å². The summed E-state index contributed by atoms with van der Waals surface area (Å²) in [6, 6.07) is 3.75. The molecule has 0 heterocycles. The average Bonchev–Trinajstić information content (AvgIpc) is 2.32. The number of benzene rings is 1. The fourth-order valence-corrected chi connectivity index (χ4v) is 0.995. The number of hydroxylamine groups is 1. The van der Waals surface area contributed by atoms with Crippen LogP contribution in [0.25, 0.3) is 0 Å². The second-order valence-electron chi connectivity index (χ2n) is 2.67. The van der Waals surface area contributed by atoms with Crippen LogP contribution in [0.5, 0.6) is 0 Å². The van der Waals surface area contributed by atoms with E-state index in [2.05, 4.69) is 4.84 Å². The van der Waals surface area contributed by atoms with Gasteiger partial charge in [0.2, 0.25) is 0 Å². The van der Waals surface area contributed by atoms with Gasteiger partial charge >= 0.3 is 34.6 Å². The summed E-state index contributed by atoms with van der Waals surface area (Å²) in [6.45, 7) is 0. The molecular formula is C8H10Cl2N3NaO4. The Hall–Kier alpha value is -0.570. The molecular weight excluding hydrogens is 296 g/mol. The Balaban J connectivity index is 0. The first-order valence-electron chi connectivity index (χ1n) is 4.31. The van der Waals surface area contributed by atoms with Gasteiger partial charge < -0.3 is 5.73 Å². The third-order valence-corrected chi connectivity index (χ3v) is 1.68. The van der Waals surface area contributed by atoms with E-state index in [1.165, 1.54) is 19.2 Å². The van der Waals surface area contributed by atoms with Crippen LogP contribution in [-0.2, 0) is 4.84 Å². The molecule has 1 aromatic carbocycles. The van der Waals surface area contributed by atoms with Gasteiger partial charge in [-0.15, -0.1) is 12.4 Å². The van der Waals surface area contributed by atoms with Crippen molar-refractivity contribution in [2.24, 2.45) is 0 Å². The molecule has 1 amide bonds. The molecule has 0 radical (unpaired) electrons. The van der Waals surface area contributed by atoms with E-state index in [1.807, 2.05) is 5.48 Å². The van der Waals surface area contributed by atoms with Crippen molar-refractivity contribution >= 4 is 64.2 Å². The topological polar surface area (TPSA) is 107 Å². The quantitative estimate of drug-likeness (QED) is 0.377. The van der Waals surface area contributed by atoms with Crippen LogP contribution in [0.1, 0.15) is 10.4 Å². The first kappa shape index (κ1) is 19.8. The number of amides is 1. The number of nitrogens with zero attached hydrogens (tertiary/aromatic N) is 1. The number of nitrogens with two attached hydrogens (primary N) is 1. The zero-order valence-electron chi connectivity index (χ0n) is 9.68. The molecule has 0 spiro atoms. The fourth-order valence-electron chi connectivity index (χ4n) is 0.995. The maximum atomic E-state index is 11.2. The van der Waals surface area contributed by atoms with Crippen LogP contribution in [0.2, 0.25) is 0 Å². The number of carbonyl (C=O) groups is 1. The minimum absolute atomic E-state index is 0. The fraction of sp³-hybridized carbons (Fsp3) is 0.125. The average molecular weight is 306 g/mol. The van der Waals surface area contributed by atoms with Crippen molar-refractivity contribution in [3.63, 3.8) is 0 Å². The summed E-state index contributed by atoms with van der Waals surface area (Å²) >= 11 is 0.778. The predicted octanol–water partition coefficient (Wildman–Crippen LogP) is 1.20. The second-order valence-corrected chi connectivity index (χ2v) is 2.67. The van der Waals surface area contributed by atoms with Gasteiger partial charge in [0, 0.05) is 11.6 Å². The Morgan fingerprint density at radius 1 is 1.56 bits per heavy atom. The van der Waals surface area contributed by atoms with Gasteiger partial charge in [-0.2, -0.15) is 0 Å².